The maximum absolute atomic E-state index is 12.7. The maximum atomic E-state index is 12.7. The molecule has 0 atom stereocenters. The molecule has 1 saturated carbocycles. The van der Waals surface area contributed by atoms with Gasteiger partial charge in [-0.2, -0.15) is 5.10 Å². The monoisotopic (exact) mass is 356 g/mol. The lowest BCUT2D eigenvalue weighted by molar-refractivity contribution is 0.0947. The van der Waals surface area contributed by atoms with Crippen molar-refractivity contribution in [3.63, 3.8) is 0 Å². The fourth-order valence-electron chi connectivity index (χ4n) is 2.62. The van der Waals surface area contributed by atoms with Gasteiger partial charge in [-0.05, 0) is 36.4 Å². The van der Waals surface area contributed by atoms with E-state index in [4.69, 9.17) is 4.74 Å². The van der Waals surface area contributed by atoms with Gasteiger partial charge in [-0.15, -0.1) is 11.3 Å². The van der Waals surface area contributed by atoms with Gasteiger partial charge >= 0.3 is 0 Å². The first-order valence-electron chi connectivity index (χ1n) is 7.87. The van der Waals surface area contributed by atoms with Crippen molar-refractivity contribution in [2.75, 3.05) is 12.4 Å². The Morgan fingerprint density at radius 3 is 2.88 bits per heavy atom. The molecule has 1 aliphatic carbocycles. The summed E-state index contributed by atoms with van der Waals surface area (Å²) in [4.78, 5) is 24.9. The molecule has 0 saturated heterocycles. The van der Waals surface area contributed by atoms with Gasteiger partial charge in [0.25, 0.3) is 11.8 Å². The number of aromatic nitrogens is 2. The Balaban J connectivity index is 1.60. The van der Waals surface area contributed by atoms with E-state index in [0.29, 0.717) is 11.3 Å². The van der Waals surface area contributed by atoms with E-state index >= 15 is 0 Å². The highest BCUT2D eigenvalue weighted by atomic mass is 32.1. The summed E-state index contributed by atoms with van der Waals surface area (Å²) in [7, 11) is 1.60. The van der Waals surface area contributed by atoms with E-state index in [2.05, 4.69) is 20.8 Å². The second-order valence-electron chi connectivity index (χ2n) is 5.84. The highest BCUT2D eigenvalue weighted by Crippen LogP contribution is 2.33. The third-order valence-corrected chi connectivity index (χ3v) is 5.02. The molecule has 25 heavy (non-hydrogen) atoms. The fourth-order valence-corrected chi connectivity index (χ4v) is 3.55. The normalized spacial score (nSPS) is 13.6. The number of benzene rings is 1. The first-order valence-corrected chi connectivity index (χ1v) is 8.75. The summed E-state index contributed by atoms with van der Waals surface area (Å²) in [5, 5.41) is 15.0. The molecule has 1 aliphatic rings. The van der Waals surface area contributed by atoms with Crippen LogP contribution in [-0.2, 0) is 0 Å². The largest absolute Gasteiger partial charge is 0.496 e. The zero-order valence-electron chi connectivity index (χ0n) is 13.5. The van der Waals surface area contributed by atoms with E-state index in [1.807, 2.05) is 11.4 Å². The van der Waals surface area contributed by atoms with Gasteiger partial charge in [0.1, 0.15) is 11.4 Å². The molecular formula is C17H16N4O3S. The quantitative estimate of drug-likeness (QED) is 0.655. The molecule has 0 aliphatic heterocycles. The molecule has 3 N–H and O–H groups in total. The number of fused-ring (bicyclic) bond motifs is 1. The van der Waals surface area contributed by atoms with Crippen LogP contribution in [-0.4, -0.2) is 35.2 Å². The van der Waals surface area contributed by atoms with Crippen molar-refractivity contribution in [2.45, 2.75) is 18.9 Å². The van der Waals surface area contributed by atoms with Gasteiger partial charge in [0.05, 0.1) is 29.3 Å². The number of aromatic amines is 1. The number of H-pyrrole nitrogens is 1. The van der Waals surface area contributed by atoms with Gasteiger partial charge in [-0.1, -0.05) is 0 Å². The highest BCUT2D eigenvalue weighted by molar-refractivity contribution is 7.17. The average Bonchev–Trinajstić information content (AvgIpc) is 3.10. The van der Waals surface area contributed by atoms with Crippen molar-refractivity contribution in [1.82, 2.24) is 15.5 Å². The number of nitrogens with zero attached hydrogens (tertiary/aromatic N) is 1. The lowest BCUT2D eigenvalue weighted by atomic mass is 10.1. The van der Waals surface area contributed by atoms with Crippen molar-refractivity contribution < 1.29 is 14.3 Å². The third-order valence-electron chi connectivity index (χ3n) is 4.07. The van der Waals surface area contributed by atoms with Crippen LogP contribution < -0.4 is 15.4 Å². The summed E-state index contributed by atoms with van der Waals surface area (Å²) in [6, 6.07) is 5.63. The number of carbonyl (C=O) groups is 2. The zero-order valence-corrected chi connectivity index (χ0v) is 14.3. The number of methoxy groups -OCH3 is 1. The van der Waals surface area contributed by atoms with Crippen LogP contribution in [0, 0.1) is 0 Å². The third kappa shape index (κ3) is 2.96. The van der Waals surface area contributed by atoms with Crippen LogP contribution in [0.25, 0.3) is 10.1 Å². The summed E-state index contributed by atoms with van der Waals surface area (Å²) >= 11 is 1.47. The molecule has 128 valence electrons. The Morgan fingerprint density at radius 2 is 2.12 bits per heavy atom. The second kappa shape index (κ2) is 6.21. The molecule has 0 radical (unpaired) electrons. The number of nitrogens with one attached hydrogen (secondary N) is 3. The first-order chi connectivity index (χ1) is 12.2. The van der Waals surface area contributed by atoms with Crippen molar-refractivity contribution in [3.05, 3.63) is 41.0 Å². The van der Waals surface area contributed by atoms with Crippen LogP contribution in [0.1, 0.15) is 33.7 Å². The molecule has 3 aromatic rings. The summed E-state index contributed by atoms with van der Waals surface area (Å²) in [6.45, 7) is 0. The van der Waals surface area contributed by atoms with E-state index in [-0.39, 0.29) is 23.6 Å². The lowest BCUT2D eigenvalue weighted by Crippen LogP contribution is -2.27. The van der Waals surface area contributed by atoms with Gasteiger partial charge in [-0.25, -0.2) is 0 Å². The molecule has 7 nitrogen and oxygen atoms in total. The minimum atomic E-state index is -0.294. The summed E-state index contributed by atoms with van der Waals surface area (Å²) < 4.78 is 6.16. The highest BCUT2D eigenvalue weighted by Gasteiger charge is 2.26. The standard InChI is InChI=1S/C17H16N4O3S/c1-24-13-5-4-11(15-10(13)6-7-25-15)16(22)20-12-8-18-21-14(12)17(23)19-9-2-3-9/h4-9H,2-3H2,1H3,(H,18,21)(H,19,23)(H,20,22). The number of ether oxygens (including phenoxy) is 1. The Hall–Kier alpha value is -2.87. The van der Waals surface area contributed by atoms with Crippen molar-refractivity contribution in [2.24, 2.45) is 0 Å². The predicted molar refractivity (Wildman–Crippen MR) is 95.4 cm³/mol. The first kappa shape index (κ1) is 15.6. The molecule has 0 unspecified atom stereocenters. The number of hydrogen-bond donors (Lipinski definition) is 3. The Bertz CT molecular complexity index is 958. The molecule has 0 bridgehead atoms. The van der Waals surface area contributed by atoms with Crippen LogP contribution >= 0.6 is 11.3 Å². The summed E-state index contributed by atoms with van der Waals surface area (Å²) in [6.07, 6.45) is 3.42. The number of rotatable bonds is 5. The smallest absolute Gasteiger partial charge is 0.271 e. The molecule has 8 heteroatoms. The number of carbonyl (C=O) groups excluding carboxylic acids is 2. The number of hydrogen-bond acceptors (Lipinski definition) is 5. The predicted octanol–water partition coefficient (Wildman–Crippen LogP) is 2.78. The molecule has 2 aromatic heterocycles. The molecular weight excluding hydrogens is 340 g/mol. The SMILES string of the molecule is COc1ccc(C(=O)Nc2cn[nH]c2C(=O)NC2CC2)c2sccc12. The zero-order chi connectivity index (χ0) is 17.4. The van der Waals surface area contributed by atoms with E-state index in [1.165, 1.54) is 17.5 Å². The average molecular weight is 356 g/mol. The number of anilines is 1. The van der Waals surface area contributed by atoms with Crippen molar-refractivity contribution in [1.29, 1.82) is 0 Å². The molecule has 0 spiro atoms. The van der Waals surface area contributed by atoms with Crippen LogP contribution in [0.2, 0.25) is 0 Å². The van der Waals surface area contributed by atoms with E-state index in [0.717, 1.165) is 28.7 Å². The Kier molecular flexibility index (Phi) is 3.89. The van der Waals surface area contributed by atoms with Gasteiger partial charge in [0.15, 0.2) is 0 Å². The van der Waals surface area contributed by atoms with Crippen molar-refractivity contribution in [3.8, 4) is 5.75 Å². The second-order valence-corrected chi connectivity index (χ2v) is 6.76. The van der Waals surface area contributed by atoms with E-state index in [1.54, 1.807) is 19.2 Å². The van der Waals surface area contributed by atoms with Gasteiger partial charge in [0.2, 0.25) is 0 Å². The summed E-state index contributed by atoms with van der Waals surface area (Å²) in [5.74, 6) is 0.170. The minimum Gasteiger partial charge on any atom is -0.496 e. The Labute approximate surface area is 147 Å². The Morgan fingerprint density at radius 1 is 1.28 bits per heavy atom. The van der Waals surface area contributed by atoms with Crippen LogP contribution in [0.5, 0.6) is 5.75 Å². The summed E-state index contributed by atoms with van der Waals surface area (Å²) in [5.41, 5.74) is 1.15. The van der Waals surface area contributed by atoms with Gasteiger partial charge < -0.3 is 15.4 Å². The minimum absolute atomic E-state index is 0.228. The topological polar surface area (TPSA) is 96.1 Å². The fraction of sp³-hybridized carbons (Fsp3) is 0.235. The van der Waals surface area contributed by atoms with Crippen LogP contribution in [0.4, 0.5) is 5.69 Å². The maximum Gasteiger partial charge on any atom is 0.271 e. The molecule has 1 fully saturated rings. The number of amides is 2. The van der Waals surface area contributed by atoms with Gasteiger partial charge in [-0.3, -0.25) is 14.7 Å². The lowest BCUT2D eigenvalue weighted by Gasteiger charge is -2.09. The number of thiophene rings is 1. The van der Waals surface area contributed by atoms with E-state index in [9.17, 15) is 9.59 Å². The molecule has 4 rings (SSSR count). The van der Waals surface area contributed by atoms with Gasteiger partial charge in [0, 0.05) is 11.4 Å². The van der Waals surface area contributed by atoms with Crippen LogP contribution in [0.3, 0.4) is 0 Å². The molecule has 2 amide bonds. The molecule has 2 heterocycles. The van der Waals surface area contributed by atoms with Crippen LogP contribution in [0.15, 0.2) is 29.8 Å². The van der Waals surface area contributed by atoms with E-state index < -0.39 is 0 Å². The molecule has 1 aromatic carbocycles. The van der Waals surface area contributed by atoms with Crippen molar-refractivity contribution >= 4 is 38.9 Å².